The van der Waals surface area contributed by atoms with Crippen LogP contribution in [0.2, 0.25) is 0 Å². The van der Waals surface area contributed by atoms with Gasteiger partial charge in [0.25, 0.3) is 0 Å². The largest absolute Gasteiger partial charge is 0.478 e. The fourth-order valence-electron chi connectivity index (χ4n) is 2.40. The van der Waals surface area contributed by atoms with Crippen molar-refractivity contribution in [2.24, 2.45) is 0 Å². The van der Waals surface area contributed by atoms with E-state index >= 15 is 0 Å². The fourth-order valence-corrected chi connectivity index (χ4v) is 2.40. The second kappa shape index (κ2) is 7.21. The van der Waals surface area contributed by atoms with Crippen LogP contribution in [0.4, 0.5) is 5.82 Å². The molecule has 0 amide bonds. The van der Waals surface area contributed by atoms with Gasteiger partial charge in [-0.25, -0.2) is 14.8 Å². The van der Waals surface area contributed by atoms with Crippen molar-refractivity contribution >= 4 is 11.8 Å². The SMILES string of the molecule is CCOC(=O)C1CNCCN1c1ncnc(OCC)c1C. The number of ether oxygens (including phenoxy) is 2. The molecule has 116 valence electrons. The van der Waals surface area contributed by atoms with E-state index in [-0.39, 0.29) is 12.0 Å². The molecular weight excluding hydrogens is 272 g/mol. The summed E-state index contributed by atoms with van der Waals surface area (Å²) in [6.07, 6.45) is 1.47. The minimum Gasteiger partial charge on any atom is -0.478 e. The second-order valence-corrected chi connectivity index (χ2v) is 4.73. The molecule has 1 N–H and O–H groups in total. The van der Waals surface area contributed by atoms with E-state index in [0.29, 0.717) is 32.2 Å². The van der Waals surface area contributed by atoms with Crippen molar-refractivity contribution in [3.05, 3.63) is 11.9 Å². The highest BCUT2D eigenvalue weighted by Gasteiger charge is 2.32. The average molecular weight is 294 g/mol. The molecule has 1 atom stereocenters. The first-order chi connectivity index (χ1) is 10.2. The number of aromatic nitrogens is 2. The van der Waals surface area contributed by atoms with Crippen LogP contribution in [0, 0.1) is 6.92 Å². The van der Waals surface area contributed by atoms with Gasteiger partial charge in [-0.1, -0.05) is 0 Å². The third-order valence-electron chi connectivity index (χ3n) is 3.37. The molecule has 0 radical (unpaired) electrons. The molecule has 21 heavy (non-hydrogen) atoms. The Kier molecular flexibility index (Phi) is 5.32. The molecule has 0 aliphatic carbocycles. The van der Waals surface area contributed by atoms with Crippen LogP contribution in [0.15, 0.2) is 6.33 Å². The summed E-state index contributed by atoms with van der Waals surface area (Å²) in [7, 11) is 0. The standard InChI is InChI=1S/C14H22N4O3/c1-4-20-13-10(3)12(16-9-17-13)18-7-6-15-8-11(18)14(19)21-5-2/h9,11,15H,4-8H2,1-3H3. The lowest BCUT2D eigenvalue weighted by Crippen LogP contribution is -2.56. The summed E-state index contributed by atoms with van der Waals surface area (Å²) >= 11 is 0. The summed E-state index contributed by atoms with van der Waals surface area (Å²) < 4.78 is 10.7. The number of hydrogen-bond acceptors (Lipinski definition) is 7. The number of nitrogens with zero attached hydrogens (tertiary/aromatic N) is 3. The molecule has 1 aromatic rings. The first kappa shape index (κ1) is 15.5. The van der Waals surface area contributed by atoms with Gasteiger partial charge in [-0.05, 0) is 20.8 Å². The first-order valence-corrected chi connectivity index (χ1v) is 7.27. The number of esters is 1. The minimum absolute atomic E-state index is 0.235. The second-order valence-electron chi connectivity index (χ2n) is 4.73. The minimum atomic E-state index is -0.373. The van der Waals surface area contributed by atoms with Crippen molar-refractivity contribution in [3.63, 3.8) is 0 Å². The smallest absolute Gasteiger partial charge is 0.330 e. The molecule has 0 saturated carbocycles. The van der Waals surface area contributed by atoms with Crippen LogP contribution in [-0.2, 0) is 9.53 Å². The van der Waals surface area contributed by atoms with E-state index in [0.717, 1.165) is 17.9 Å². The van der Waals surface area contributed by atoms with Gasteiger partial charge in [0.15, 0.2) is 0 Å². The van der Waals surface area contributed by atoms with Crippen molar-refractivity contribution < 1.29 is 14.3 Å². The fraction of sp³-hybridized carbons (Fsp3) is 0.643. The zero-order valence-corrected chi connectivity index (χ0v) is 12.8. The van der Waals surface area contributed by atoms with E-state index in [2.05, 4.69) is 15.3 Å². The van der Waals surface area contributed by atoms with Crippen molar-refractivity contribution in [2.75, 3.05) is 37.7 Å². The normalized spacial score (nSPS) is 18.4. The Morgan fingerprint density at radius 2 is 2.24 bits per heavy atom. The van der Waals surface area contributed by atoms with E-state index in [1.165, 1.54) is 6.33 Å². The topological polar surface area (TPSA) is 76.6 Å². The average Bonchev–Trinajstić information content (AvgIpc) is 2.50. The number of piperazine rings is 1. The van der Waals surface area contributed by atoms with E-state index in [1.54, 1.807) is 0 Å². The molecule has 1 aliphatic heterocycles. The maximum Gasteiger partial charge on any atom is 0.330 e. The van der Waals surface area contributed by atoms with E-state index < -0.39 is 0 Å². The summed E-state index contributed by atoms with van der Waals surface area (Å²) in [5, 5.41) is 3.22. The van der Waals surface area contributed by atoms with Gasteiger partial charge in [0.1, 0.15) is 18.2 Å². The van der Waals surface area contributed by atoms with Crippen molar-refractivity contribution in [1.29, 1.82) is 0 Å². The van der Waals surface area contributed by atoms with Gasteiger partial charge in [-0.2, -0.15) is 0 Å². The lowest BCUT2D eigenvalue weighted by molar-refractivity contribution is -0.144. The first-order valence-electron chi connectivity index (χ1n) is 7.27. The van der Waals surface area contributed by atoms with Gasteiger partial charge < -0.3 is 19.7 Å². The number of rotatable bonds is 5. The summed E-state index contributed by atoms with van der Waals surface area (Å²) in [5.41, 5.74) is 0.843. The molecule has 1 unspecified atom stereocenters. The Morgan fingerprint density at radius 1 is 1.43 bits per heavy atom. The zero-order valence-electron chi connectivity index (χ0n) is 12.8. The van der Waals surface area contributed by atoms with Crippen LogP contribution < -0.4 is 15.0 Å². The van der Waals surface area contributed by atoms with Gasteiger partial charge in [0.2, 0.25) is 5.88 Å². The molecule has 2 heterocycles. The van der Waals surface area contributed by atoms with E-state index in [9.17, 15) is 4.79 Å². The van der Waals surface area contributed by atoms with Crippen molar-refractivity contribution in [2.45, 2.75) is 26.8 Å². The third-order valence-corrected chi connectivity index (χ3v) is 3.37. The summed E-state index contributed by atoms with van der Waals surface area (Å²) in [6, 6.07) is -0.373. The van der Waals surface area contributed by atoms with Crippen molar-refractivity contribution in [3.8, 4) is 5.88 Å². The Hall–Kier alpha value is -1.89. The molecule has 7 heteroatoms. The maximum atomic E-state index is 12.1. The predicted molar refractivity (Wildman–Crippen MR) is 78.6 cm³/mol. The molecule has 0 bridgehead atoms. The number of carbonyl (C=O) groups excluding carboxylic acids is 1. The molecule has 2 rings (SSSR count). The van der Waals surface area contributed by atoms with Gasteiger partial charge in [-0.3, -0.25) is 0 Å². The lowest BCUT2D eigenvalue weighted by atomic mass is 10.1. The molecule has 1 aromatic heterocycles. The maximum absolute atomic E-state index is 12.1. The van der Waals surface area contributed by atoms with Gasteiger partial charge in [0, 0.05) is 19.6 Å². The van der Waals surface area contributed by atoms with Crippen LogP contribution >= 0.6 is 0 Å². The van der Waals surface area contributed by atoms with Crippen LogP contribution in [0.1, 0.15) is 19.4 Å². The van der Waals surface area contributed by atoms with E-state index in [4.69, 9.17) is 9.47 Å². The quantitative estimate of drug-likeness (QED) is 0.794. The van der Waals surface area contributed by atoms with Gasteiger partial charge >= 0.3 is 5.97 Å². The van der Waals surface area contributed by atoms with Crippen LogP contribution in [0.5, 0.6) is 5.88 Å². The number of carbonyl (C=O) groups is 1. The lowest BCUT2D eigenvalue weighted by Gasteiger charge is -2.36. The molecule has 1 aliphatic rings. The Labute approximate surface area is 124 Å². The Bertz CT molecular complexity index is 495. The molecule has 7 nitrogen and oxygen atoms in total. The van der Waals surface area contributed by atoms with Crippen molar-refractivity contribution in [1.82, 2.24) is 15.3 Å². The number of nitrogens with one attached hydrogen (secondary N) is 1. The summed E-state index contributed by atoms with van der Waals surface area (Å²) in [6.45, 7) is 8.57. The predicted octanol–water partition coefficient (Wildman–Crippen LogP) is 0.525. The Morgan fingerprint density at radius 3 is 2.95 bits per heavy atom. The molecule has 0 spiro atoms. The van der Waals surface area contributed by atoms with Gasteiger partial charge in [-0.15, -0.1) is 0 Å². The van der Waals surface area contributed by atoms with Crippen LogP contribution in [0.3, 0.4) is 0 Å². The number of hydrogen-bond donors (Lipinski definition) is 1. The van der Waals surface area contributed by atoms with E-state index in [1.807, 2.05) is 25.7 Å². The summed E-state index contributed by atoms with van der Waals surface area (Å²) in [4.78, 5) is 22.6. The van der Waals surface area contributed by atoms with Crippen LogP contribution in [0.25, 0.3) is 0 Å². The molecule has 0 aromatic carbocycles. The highest BCUT2D eigenvalue weighted by atomic mass is 16.5. The summed E-state index contributed by atoms with van der Waals surface area (Å²) in [5.74, 6) is 1.05. The molecule has 1 fully saturated rings. The third kappa shape index (κ3) is 3.41. The number of anilines is 1. The zero-order chi connectivity index (χ0) is 15.2. The monoisotopic (exact) mass is 294 g/mol. The Balaban J connectivity index is 2.29. The van der Waals surface area contributed by atoms with Gasteiger partial charge in [0.05, 0.1) is 18.8 Å². The highest BCUT2D eigenvalue weighted by Crippen LogP contribution is 2.26. The molecule has 1 saturated heterocycles. The molecular formula is C14H22N4O3. The van der Waals surface area contributed by atoms with Crippen LogP contribution in [-0.4, -0.2) is 54.8 Å². The highest BCUT2D eigenvalue weighted by molar-refractivity contribution is 5.80.